The Hall–Kier alpha value is -1.20. The number of carbonyl (C=O) groups is 4. The Morgan fingerprint density at radius 3 is 1.52 bits per heavy atom. The fourth-order valence-corrected chi connectivity index (χ4v) is 95.5. The van der Waals surface area contributed by atoms with Gasteiger partial charge in [0.2, 0.25) is 0 Å². The molecule has 0 amide bonds. The Morgan fingerprint density at radius 1 is 0.655 bits per heavy atom. The monoisotopic (exact) mass is 442 g/mol. The molecule has 158 valence electrons. The molecular formula is C22H26FeO6. The van der Waals surface area contributed by atoms with Crippen molar-refractivity contribution in [1.29, 1.82) is 0 Å². The van der Waals surface area contributed by atoms with E-state index in [9.17, 15) is 19.2 Å². The van der Waals surface area contributed by atoms with Crippen LogP contribution in [0, 0.1) is 0 Å². The molecular weight excluding hydrogens is 416 g/mol. The second-order valence-corrected chi connectivity index (χ2v) is 36.7. The van der Waals surface area contributed by atoms with Crippen LogP contribution in [0.3, 0.4) is 0 Å². The molecule has 0 aromatic heterocycles. The molecule has 0 bridgehead atoms. The van der Waals surface area contributed by atoms with Crippen molar-refractivity contribution in [1.82, 2.24) is 0 Å². The SMILES string of the molecule is COC(=O)CCCCC(=O)[C]12[CH]3[CH]4[CH]5[CH]1[Fe]45321678[CH]2[CH]1[CH]6[C]7(C(=O)CCC(=O)OC)[CH]28. The molecule has 0 radical (unpaired) electrons. The number of unbranched alkanes of at least 4 members (excludes halogenated alkanes) is 1. The number of hydrogen-bond donors (Lipinski definition) is 0. The number of rotatable bonds is 10. The third-order valence-corrected chi connectivity index (χ3v) is 60.5. The zero-order valence-corrected chi connectivity index (χ0v) is 17.8. The number of ether oxygens (including phenoxy) is 2. The van der Waals surface area contributed by atoms with Crippen molar-refractivity contribution >= 4 is 23.5 Å². The Kier molecular flexibility index (Phi) is 0.911. The van der Waals surface area contributed by atoms with Gasteiger partial charge in [-0.2, -0.15) is 0 Å². The van der Waals surface area contributed by atoms with Crippen LogP contribution in [0.4, 0.5) is 0 Å². The first-order valence-corrected chi connectivity index (χ1v) is 17.3. The van der Waals surface area contributed by atoms with Crippen LogP contribution in [0.15, 0.2) is 0 Å². The van der Waals surface area contributed by atoms with Crippen LogP contribution >= 0.6 is 0 Å². The minimum absolute atomic E-state index is 0.0237. The van der Waals surface area contributed by atoms with E-state index in [-0.39, 0.29) is 27.0 Å². The zero-order valence-electron chi connectivity index (χ0n) is 16.7. The Bertz CT molecular complexity index is 1420. The molecule has 29 heavy (non-hydrogen) atoms. The van der Waals surface area contributed by atoms with Crippen LogP contribution in [0.25, 0.3) is 0 Å². The molecule has 0 aromatic carbocycles. The van der Waals surface area contributed by atoms with Gasteiger partial charge in [0, 0.05) is 0 Å². The molecule has 10 rings (SSSR count). The second-order valence-electron chi connectivity index (χ2n) is 13.5. The van der Waals surface area contributed by atoms with Crippen LogP contribution in [0.1, 0.15) is 38.5 Å². The molecule has 10 saturated heterocycles. The summed E-state index contributed by atoms with van der Waals surface area (Å²) in [5, 5.41) is 0. The van der Waals surface area contributed by atoms with Crippen LogP contribution in [0.5, 0.6) is 0 Å². The van der Waals surface area contributed by atoms with Gasteiger partial charge in [0.05, 0.1) is 0 Å². The first-order valence-electron chi connectivity index (χ1n) is 11.1. The van der Waals surface area contributed by atoms with E-state index in [0.717, 1.165) is 25.7 Å². The zero-order chi connectivity index (χ0) is 19.9. The number of esters is 2. The quantitative estimate of drug-likeness (QED) is 0.289. The summed E-state index contributed by atoms with van der Waals surface area (Å²) in [6, 6.07) is 0. The fourth-order valence-electron chi connectivity index (χ4n) is 19.4. The fraction of sp³-hybridized carbons (Fsp3) is 0.818. The van der Waals surface area contributed by atoms with Crippen molar-refractivity contribution < 1.29 is 35.2 Å². The van der Waals surface area contributed by atoms with E-state index in [1.807, 2.05) is 0 Å². The molecule has 1 spiro atoms. The molecule has 0 aliphatic carbocycles. The van der Waals surface area contributed by atoms with Crippen LogP contribution in [-0.4, -0.2) is 37.7 Å². The topological polar surface area (TPSA) is 86.7 Å². The predicted octanol–water partition coefficient (Wildman–Crippen LogP) is 3.94. The van der Waals surface area contributed by atoms with E-state index in [1.54, 1.807) is 0 Å². The third kappa shape index (κ3) is 0.258. The van der Waals surface area contributed by atoms with E-state index in [2.05, 4.69) is 0 Å². The average molecular weight is 442 g/mol. The number of fused-ring (bicyclic) bond motifs is 10. The van der Waals surface area contributed by atoms with Gasteiger partial charge in [0.1, 0.15) is 0 Å². The Labute approximate surface area is 158 Å². The Morgan fingerprint density at radius 2 is 1.07 bits per heavy atom. The predicted molar refractivity (Wildman–Crippen MR) is 97.1 cm³/mol. The Balaban J connectivity index is 1.03. The summed E-state index contributed by atoms with van der Waals surface area (Å²) >= 11 is 0. The first-order chi connectivity index (χ1) is 13.7. The van der Waals surface area contributed by atoms with Gasteiger partial charge in [0.15, 0.2) is 0 Å². The molecule has 8 unspecified atom stereocenters. The van der Waals surface area contributed by atoms with Gasteiger partial charge < -0.3 is 0 Å². The number of ketones is 2. The molecule has 6 nitrogen and oxygen atoms in total. The van der Waals surface area contributed by atoms with E-state index in [4.69, 9.17) is 9.47 Å². The summed E-state index contributed by atoms with van der Waals surface area (Å²) in [4.78, 5) is 56.6. The van der Waals surface area contributed by atoms with E-state index in [0.29, 0.717) is 56.5 Å². The van der Waals surface area contributed by atoms with E-state index in [1.165, 1.54) is 14.2 Å². The van der Waals surface area contributed by atoms with E-state index < -0.39 is 6.51 Å². The molecule has 7 heteroatoms. The average Bonchev–Trinajstić information content (AvgIpc) is 3.67. The van der Waals surface area contributed by atoms with Gasteiger partial charge in [0.25, 0.3) is 0 Å². The van der Waals surface area contributed by atoms with Crippen LogP contribution in [0.2, 0.25) is 47.2 Å². The standard InChI is InChI=1S/C12H15O3.C10H11O3.Fe/c1-15-12(14)9-5-4-8-11(13)10-6-2-3-7-10;1-13-10(12)7-6-9(11)8-4-2-3-5-8;/h2-3,6-7H,4-5,8-9H2,1H3;2-5H,6-7H2,1H3;. The maximum atomic E-state index is 13.7. The maximum absolute atomic E-state index is 13.7. The van der Waals surface area contributed by atoms with E-state index >= 15 is 0 Å². The molecule has 10 aliphatic heterocycles. The second kappa shape index (κ2) is 1.79. The third-order valence-electron chi connectivity index (χ3n) is 17.7. The van der Waals surface area contributed by atoms with Crippen molar-refractivity contribution in [2.24, 2.45) is 0 Å². The van der Waals surface area contributed by atoms with Gasteiger partial charge in [-0.3, -0.25) is 0 Å². The van der Waals surface area contributed by atoms with Gasteiger partial charge in [-0.05, 0) is 0 Å². The summed E-state index contributed by atoms with van der Waals surface area (Å²) in [5.41, 5.74) is 0. The first kappa shape index (κ1) is 14.7. The summed E-state index contributed by atoms with van der Waals surface area (Å²) < 4.78 is 9.48. The molecule has 0 N–H and O–H groups in total. The molecule has 0 saturated carbocycles. The summed E-state index contributed by atoms with van der Waals surface area (Å²) in [5.74, 6) is 0.397. The van der Waals surface area contributed by atoms with Crippen molar-refractivity contribution in [3.8, 4) is 0 Å². The number of carbonyl (C=O) groups excluding carboxylic acids is 4. The summed E-state index contributed by atoms with van der Waals surface area (Å²) in [6.07, 6.45) is 3.01. The minimum atomic E-state index is -4.11. The van der Waals surface area contributed by atoms with Gasteiger partial charge in [-0.1, -0.05) is 0 Å². The summed E-state index contributed by atoms with van der Waals surface area (Å²) in [6.45, 7) is -4.11. The van der Waals surface area contributed by atoms with Gasteiger partial charge in [-0.25, -0.2) is 0 Å². The van der Waals surface area contributed by atoms with Crippen molar-refractivity contribution in [2.45, 2.75) is 85.7 Å². The van der Waals surface area contributed by atoms with Gasteiger partial charge in [-0.15, -0.1) is 0 Å². The normalized spacial score (nSPS) is 76.6. The molecule has 10 fully saturated rings. The number of methoxy groups -OCH3 is 2. The summed E-state index contributed by atoms with van der Waals surface area (Å²) in [7, 11) is 2.78. The molecule has 10 aliphatic rings. The molecule has 0 aromatic rings. The number of hydrogen-bond acceptors (Lipinski definition) is 6. The van der Waals surface area contributed by atoms with Crippen LogP contribution < -0.4 is 0 Å². The molecule has 8 atom stereocenters. The van der Waals surface area contributed by atoms with Crippen molar-refractivity contribution in [3.05, 3.63) is 0 Å². The number of Topliss-reactive ketones (excluding diaryl/α,β-unsaturated/α-hetero) is 2. The van der Waals surface area contributed by atoms with Crippen molar-refractivity contribution in [2.75, 3.05) is 14.2 Å². The van der Waals surface area contributed by atoms with Gasteiger partial charge >= 0.3 is 159 Å². The van der Waals surface area contributed by atoms with Crippen LogP contribution in [-0.2, 0) is 35.2 Å². The molecule has 10 heterocycles. The van der Waals surface area contributed by atoms with Crippen molar-refractivity contribution in [3.63, 3.8) is 0 Å².